The SMILES string of the molecule is [Fe].[S]=[Co]=[S]. The van der Waals surface area contributed by atoms with Crippen LogP contribution >= 0.6 is 21.2 Å². The van der Waals surface area contributed by atoms with Crippen LogP contribution in [-0.2, 0) is 28.5 Å². The van der Waals surface area contributed by atoms with Gasteiger partial charge >= 0.3 is 32.7 Å². The van der Waals surface area contributed by atoms with Crippen LogP contribution in [0.15, 0.2) is 0 Å². The van der Waals surface area contributed by atoms with Gasteiger partial charge in [0.2, 0.25) is 0 Å². The Morgan fingerprint density at radius 3 is 1.25 bits per heavy atom. The van der Waals surface area contributed by atoms with Gasteiger partial charge in [0.05, 0.1) is 0 Å². The standard InChI is InChI=1S/Co.Fe.2S. The Bertz CT molecular complexity index is 27.0. The van der Waals surface area contributed by atoms with Crippen molar-refractivity contribution >= 4 is 21.2 Å². The predicted octanol–water partition coefficient (Wildman–Crippen LogP) is 1.29. The molecule has 0 aliphatic heterocycles. The fourth-order valence-corrected chi connectivity index (χ4v) is 0. The van der Waals surface area contributed by atoms with Gasteiger partial charge in [0.1, 0.15) is 0 Å². The molecule has 0 aliphatic rings. The Kier molecular flexibility index (Phi) is 20.0. The third-order valence-electron chi connectivity index (χ3n) is 0. The quantitative estimate of drug-likeness (QED) is 0.513. The molecule has 0 radical (unpaired) electrons. The molecule has 29 valence electrons. The van der Waals surface area contributed by atoms with Crippen molar-refractivity contribution in [1.29, 1.82) is 0 Å². The van der Waals surface area contributed by atoms with Gasteiger partial charge in [0.15, 0.2) is 0 Å². The first-order valence-electron chi connectivity index (χ1n) is 0.272. The second-order valence-electron chi connectivity index (χ2n) is 0.0556. The molecule has 0 aromatic carbocycles. The van der Waals surface area contributed by atoms with Crippen molar-refractivity contribution in [2.45, 2.75) is 0 Å². The Hall–Kier alpha value is 1.47. The van der Waals surface area contributed by atoms with Gasteiger partial charge in [-0.25, -0.2) is 0 Å². The van der Waals surface area contributed by atoms with Crippen molar-refractivity contribution < 1.29 is 28.5 Å². The Morgan fingerprint density at radius 1 is 1.25 bits per heavy atom. The maximum absolute atomic E-state index is 4.18. The van der Waals surface area contributed by atoms with E-state index in [1.807, 2.05) is 0 Å². The van der Waals surface area contributed by atoms with Crippen LogP contribution in [0.3, 0.4) is 0 Å². The first-order chi connectivity index (χ1) is 1.41. The van der Waals surface area contributed by atoms with E-state index < -0.39 is 0 Å². The zero-order valence-corrected chi connectivity index (χ0v) is 5.28. The minimum atomic E-state index is 0. The van der Waals surface area contributed by atoms with Crippen LogP contribution in [0.5, 0.6) is 0 Å². The summed E-state index contributed by atoms with van der Waals surface area (Å²) >= 11 is 0.604. The summed E-state index contributed by atoms with van der Waals surface area (Å²) in [4.78, 5) is 0. The fraction of sp³-hybridized carbons (Fsp3) is 0. The monoisotopic (exact) mass is 179 g/mol. The van der Waals surface area contributed by atoms with E-state index in [2.05, 4.69) is 21.2 Å². The van der Waals surface area contributed by atoms with E-state index in [9.17, 15) is 0 Å². The van der Waals surface area contributed by atoms with Crippen molar-refractivity contribution in [3.8, 4) is 0 Å². The van der Waals surface area contributed by atoms with E-state index in [1.165, 1.54) is 0 Å². The van der Waals surface area contributed by atoms with Crippen molar-refractivity contribution in [2.75, 3.05) is 0 Å². The number of hydrogen-bond donors (Lipinski definition) is 0. The van der Waals surface area contributed by atoms with E-state index >= 15 is 0 Å². The van der Waals surface area contributed by atoms with Gasteiger partial charge in [-0.15, -0.1) is 0 Å². The van der Waals surface area contributed by atoms with Crippen LogP contribution in [0.4, 0.5) is 0 Å². The van der Waals surface area contributed by atoms with Crippen LogP contribution in [0.2, 0.25) is 0 Å². The third-order valence-corrected chi connectivity index (χ3v) is 0. The maximum atomic E-state index is 4.18. The van der Waals surface area contributed by atoms with Crippen molar-refractivity contribution in [2.24, 2.45) is 0 Å². The molecule has 0 aromatic rings. The van der Waals surface area contributed by atoms with E-state index in [1.54, 1.807) is 0 Å². The topological polar surface area (TPSA) is 0 Å². The van der Waals surface area contributed by atoms with Gasteiger partial charge in [-0.1, -0.05) is 0 Å². The average molecular weight is 179 g/mol. The van der Waals surface area contributed by atoms with Gasteiger partial charge in [0, 0.05) is 17.1 Å². The van der Waals surface area contributed by atoms with Gasteiger partial charge < -0.3 is 0 Å². The molecule has 0 unspecified atom stereocenters. The minimum absolute atomic E-state index is 0. The summed E-state index contributed by atoms with van der Waals surface area (Å²) in [5, 5.41) is 0. The average Bonchev–Trinajstić information content (AvgIpc) is 0.918. The zero-order valence-electron chi connectivity index (χ0n) is 1.50. The van der Waals surface area contributed by atoms with Crippen LogP contribution in [0.1, 0.15) is 0 Å². The first-order valence-corrected chi connectivity index (χ1v) is 3.37. The van der Waals surface area contributed by atoms with Gasteiger partial charge in [0.25, 0.3) is 0 Å². The van der Waals surface area contributed by atoms with Crippen LogP contribution in [-0.4, -0.2) is 0 Å². The summed E-state index contributed by atoms with van der Waals surface area (Å²) < 4.78 is 0. The number of hydrogen-bond acceptors (Lipinski definition) is 2. The molecule has 0 spiro atoms. The van der Waals surface area contributed by atoms with Crippen molar-refractivity contribution in [3.05, 3.63) is 0 Å². The molecule has 4 heavy (non-hydrogen) atoms. The van der Waals surface area contributed by atoms with E-state index in [0.29, 0.717) is 11.5 Å². The molecule has 0 fully saturated rings. The van der Waals surface area contributed by atoms with Gasteiger partial charge in [-0.3, -0.25) is 0 Å². The molecule has 0 bridgehead atoms. The summed E-state index contributed by atoms with van der Waals surface area (Å²) in [5.74, 6) is 0. The van der Waals surface area contributed by atoms with Crippen LogP contribution in [0.25, 0.3) is 0 Å². The molecule has 0 amide bonds. The Balaban J connectivity index is 0. The molecular weight excluding hydrogens is 179 g/mol. The van der Waals surface area contributed by atoms with E-state index in [4.69, 9.17) is 0 Å². The summed E-state index contributed by atoms with van der Waals surface area (Å²) in [6.07, 6.45) is 0. The molecule has 0 nitrogen and oxygen atoms in total. The second kappa shape index (κ2) is 8.82. The molecule has 0 aliphatic carbocycles. The van der Waals surface area contributed by atoms with Crippen molar-refractivity contribution in [1.82, 2.24) is 0 Å². The molecule has 0 aromatic heterocycles. The summed E-state index contributed by atoms with van der Waals surface area (Å²) in [7, 11) is 8.35. The predicted molar refractivity (Wildman–Crippen MR) is 15.2 cm³/mol. The molecule has 0 N–H and O–H groups in total. The molecule has 0 heterocycles. The van der Waals surface area contributed by atoms with Crippen molar-refractivity contribution in [3.63, 3.8) is 0 Å². The molecule has 4 heteroatoms. The molecular formula is CoFeS2. The van der Waals surface area contributed by atoms with E-state index in [-0.39, 0.29) is 17.1 Å². The number of rotatable bonds is 0. The normalized spacial score (nSPS) is 4.00. The summed E-state index contributed by atoms with van der Waals surface area (Å²) in [6, 6.07) is 0. The van der Waals surface area contributed by atoms with Gasteiger partial charge in [-0.05, 0) is 0 Å². The summed E-state index contributed by atoms with van der Waals surface area (Å²) in [5.41, 5.74) is 0. The van der Waals surface area contributed by atoms with E-state index in [0.717, 1.165) is 0 Å². The van der Waals surface area contributed by atoms with Crippen LogP contribution in [0, 0.1) is 0 Å². The molecule has 0 atom stereocenters. The van der Waals surface area contributed by atoms with Crippen LogP contribution < -0.4 is 0 Å². The first kappa shape index (κ1) is 9.08. The fourth-order valence-electron chi connectivity index (χ4n) is 0. The molecule has 0 saturated heterocycles. The molecule has 0 saturated carbocycles. The Morgan fingerprint density at radius 2 is 1.25 bits per heavy atom. The zero-order chi connectivity index (χ0) is 2.71. The third kappa shape index (κ3) is 9.81. The van der Waals surface area contributed by atoms with Gasteiger partial charge in [-0.2, -0.15) is 0 Å². The summed E-state index contributed by atoms with van der Waals surface area (Å²) in [6.45, 7) is 0. The Labute approximate surface area is 49.6 Å². The molecule has 0 rings (SSSR count). The second-order valence-corrected chi connectivity index (χ2v) is 2.06.